The second kappa shape index (κ2) is 30.4. The zero-order valence-corrected chi connectivity index (χ0v) is 44.9. The van der Waals surface area contributed by atoms with Gasteiger partial charge in [-0.3, -0.25) is 23.8 Å². The van der Waals surface area contributed by atoms with Gasteiger partial charge in [0.2, 0.25) is 5.91 Å². The number of amides is 1. The molecule has 17 heteroatoms. The predicted octanol–water partition coefficient (Wildman–Crippen LogP) is 9.87. The highest BCUT2D eigenvalue weighted by Gasteiger charge is 2.41. The second-order valence-electron chi connectivity index (χ2n) is 24.1. The Balaban J connectivity index is 0.644. The van der Waals surface area contributed by atoms with E-state index >= 15 is 0 Å². The van der Waals surface area contributed by atoms with E-state index in [2.05, 4.69) is 15.7 Å². The molecule has 73 heavy (non-hydrogen) atoms. The van der Waals surface area contributed by atoms with Crippen molar-refractivity contribution in [3.63, 3.8) is 0 Å². The number of carboxylic acid groups (broad SMARTS) is 1. The van der Waals surface area contributed by atoms with E-state index in [4.69, 9.17) is 33.0 Å². The number of hydrogen-bond acceptors (Lipinski definition) is 14. The second-order valence-corrected chi connectivity index (χ2v) is 25.5. The smallest absolute Gasteiger partial charge is 0.308 e. The lowest BCUT2D eigenvalue weighted by Crippen LogP contribution is -2.47. The summed E-state index contributed by atoms with van der Waals surface area (Å²) in [5, 5.41) is 22.5. The van der Waals surface area contributed by atoms with Crippen molar-refractivity contribution >= 4 is 28.9 Å². The summed E-state index contributed by atoms with van der Waals surface area (Å²) in [6.45, 7) is 2.25. The van der Waals surface area contributed by atoms with Gasteiger partial charge in [0, 0.05) is 12.1 Å². The summed E-state index contributed by atoms with van der Waals surface area (Å²) in [5.74, 6) is -1.11. The van der Waals surface area contributed by atoms with Crippen molar-refractivity contribution in [2.24, 2.45) is 47.3 Å². The van der Waals surface area contributed by atoms with Crippen LogP contribution in [-0.2, 0) is 63.4 Å². The Kier molecular flexibility index (Phi) is 23.9. The third-order valence-corrected chi connectivity index (χ3v) is 20.2. The number of rotatable bonds is 24. The third kappa shape index (κ3) is 18.4. The van der Waals surface area contributed by atoms with Crippen LogP contribution in [0.4, 0.5) is 0 Å². The van der Waals surface area contributed by atoms with Gasteiger partial charge < -0.3 is 29.5 Å². The number of carbonyl (C=O) groups is 3. The van der Waals surface area contributed by atoms with Crippen LogP contribution < -0.4 is 10.8 Å². The zero-order chi connectivity index (χ0) is 50.8. The minimum atomic E-state index is -1.33. The molecular weight excluding hydrogens is 957 g/mol. The lowest BCUT2D eigenvalue weighted by molar-refractivity contribution is -0.310. The van der Waals surface area contributed by atoms with Crippen molar-refractivity contribution in [3.05, 3.63) is 0 Å². The highest BCUT2D eigenvalue weighted by molar-refractivity contribution is 7.80. The van der Waals surface area contributed by atoms with Gasteiger partial charge in [-0.15, -0.1) is 0 Å². The molecule has 8 aliphatic carbocycles. The number of hydroxylamine groups is 1. The van der Waals surface area contributed by atoms with Crippen molar-refractivity contribution in [2.45, 2.75) is 253 Å². The van der Waals surface area contributed by atoms with E-state index < -0.39 is 28.9 Å². The Morgan fingerprint density at radius 1 is 0.493 bits per heavy atom. The van der Waals surface area contributed by atoms with Crippen molar-refractivity contribution in [3.8, 4) is 0 Å². The summed E-state index contributed by atoms with van der Waals surface area (Å²) in [4.78, 5) is 60.6. The molecule has 0 radical (unpaired) electrons. The number of ether oxygens (including phenoxy) is 3. The van der Waals surface area contributed by atoms with Crippen molar-refractivity contribution in [2.75, 3.05) is 33.0 Å². The molecule has 8 saturated carbocycles. The standard InChI is InChI=1S/C56H94N2O14S/c59-54(53-31-40(11-30-52(53)55(60)61)35-69-68-34-39-9-5-2-6-10-39)57-44-14-18-46(19-15-44)71-49-26-28-51(29-27-49)73(64)72-50-24-22-48(23-25-50)70-47-20-16-45(17-21-47)58-66-36-43-32-41(12-13-42(43)37-67-63)56(62)65-33-38-7-3-1-4-8-38/h38-53,58,63H,1-37H2,(H,57,59)(H,60,61). The number of nitrogens with one attached hydrogen (secondary N) is 2. The van der Waals surface area contributed by atoms with Gasteiger partial charge in [0.15, 0.2) is 11.1 Å². The van der Waals surface area contributed by atoms with Gasteiger partial charge in [-0.05, 0) is 197 Å². The molecule has 8 fully saturated rings. The largest absolute Gasteiger partial charge is 0.481 e. The maximum atomic E-state index is 13.6. The van der Waals surface area contributed by atoms with Crippen molar-refractivity contribution < 1.29 is 66.9 Å². The van der Waals surface area contributed by atoms with E-state index in [0.717, 1.165) is 135 Å². The number of carbonyl (C=O) groups excluding carboxylic acids is 2. The quantitative estimate of drug-likeness (QED) is 0.0307. The fourth-order valence-corrected chi connectivity index (χ4v) is 15.3. The average molecular weight is 1050 g/mol. The minimum Gasteiger partial charge on any atom is -0.481 e. The molecule has 0 spiro atoms. The van der Waals surface area contributed by atoms with Gasteiger partial charge in [0.1, 0.15) is 0 Å². The van der Waals surface area contributed by atoms with E-state index in [0.29, 0.717) is 57.5 Å². The van der Waals surface area contributed by atoms with Gasteiger partial charge in [-0.25, -0.2) is 18.9 Å². The number of aliphatic carboxylic acids is 1. The van der Waals surface area contributed by atoms with Crippen LogP contribution in [0, 0.1) is 47.3 Å². The first-order valence-electron chi connectivity index (χ1n) is 29.6. The number of esters is 1. The molecule has 7 atom stereocenters. The molecule has 0 aliphatic heterocycles. The predicted molar refractivity (Wildman–Crippen MR) is 274 cm³/mol. The fraction of sp³-hybridized carbons (Fsp3) is 0.946. The monoisotopic (exact) mass is 1050 g/mol. The first kappa shape index (κ1) is 57.4. The molecule has 0 aromatic rings. The first-order valence-corrected chi connectivity index (χ1v) is 30.8. The molecule has 8 rings (SSSR count). The molecule has 16 nitrogen and oxygen atoms in total. The molecule has 418 valence electrons. The first-order chi connectivity index (χ1) is 35.6. The highest BCUT2D eigenvalue weighted by atomic mass is 32.2. The van der Waals surface area contributed by atoms with Crippen LogP contribution in [0.1, 0.15) is 205 Å². The summed E-state index contributed by atoms with van der Waals surface area (Å²) >= 11 is -1.33. The van der Waals surface area contributed by atoms with Gasteiger partial charge >= 0.3 is 11.9 Å². The molecule has 0 aromatic heterocycles. The summed E-state index contributed by atoms with van der Waals surface area (Å²) in [7, 11) is 0. The van der Waals surface area contributed by atoms with Crippen LogP contribution in [0.2, 0.25) is 0 Å². The molecule has 1 amide bonds. The van der Waals surface area contributed by atoms with E-state index in [-0.39, 0.29) is 90.0 Å². The van der Waals surface area contributed by atoms with Gasteiger partial charge in [-0.2, -0.15) is 5.48 Å². The summed E-state index contributed by atoms with van der Waals surface area (Å²) in [6, 6.07) is 0.265. The van der Waals surface area contributed by atoms with E-state index in [1.165, 1.54) is 51.4 Å². The number of hydrogen-bond donors (Lipinski definition) is 4. The molecule has 7 unspecified atom stereocenters. The Labute approximate surface area is 438 Å². The van der Waals surface area contributed by atoms with E-state index in [1.54, 1.807) is 0 Å². The number of carboxylic acids is 1. The minimum absolute atomic E-state index is 0.00328. The average Bonchev–Trinajstić information content (AvgIpc) is 3.42. The fourth-order valence-electron chi connectivity index (χ4n) is 14.0. The third-order valence-electron chi connectivity index (χ3n) is 18.7. The molecule has 0 bridgehead atoms. The molecule has 0 aromatic carbocycles. The Hall–Kier alpha value is -1.80. The Morgan fingerprint density at radius 2 is 1.04 bits per heavy atom. The topological polar surface area (TPSA) is 207 Å². The molecular formula is C56H94N2O14S. The maximum absolute atomic E-state index is 13.6. The molecule has 0 heterocycles. The molecule has 0 saturated heterocycles. The Bertz CT molecular complexity index is 1650. The molecule has 4 N–H and O–H groups in total. The zero-order valence-electron chi connectivity index (χ0n) is 44.1. The van der Waals surface area contributed by atoms with E-state index in [1.807, 2.05) is 0 Å². The molecule has 8 aliphatic rings. The van der Waals surface area contributed by atoms with Crippen LogP contribution >= 0.6 is 0 Å². The highest BCUT2D eigenvalue weighted by Crippen LogP contribution is 2.39. The lowest BCUT2D eigenvalue weighted by Gasteiger charge is -2.37. The van der Waals surface area contributed by atoms with Crippen LogP contribution in [0.5, 0.6) is 0 Å². The summed E-state index contributed by atoms with van der Waals surface area (Å²) < 4.78 is 38.6. The maximum Gasteiger partial charge on any atom is 0.308 e. The van der Waals surface area contributed by atoms with Crippen LogP contribution in [-0.4, -0.2) is 113 Å². The van der Waals surface area contributed by atoms with Crippen molar-refractivity contribution in [1.82, 2.24) is 10.8 Å². The normalized spacial score (nSPS) is 36.7. The van der Waals surface area contributed by atoms with Crippen molar-refractivity contribution in [1.29, 1.82) is 0 Å². The summed E-state index contributed by atoms with van der Waals surface area (Å²) in [5.41, 5.74) is 3.31. The lowest BCUT2D eigenvalue weighted by atomic mass is 9.73. The van der Waals surface area contributed by atoms with Crippen LogP contribution in [0.15, 0.2) is 0 Å². The van der Waals surface area contributed by atoms with Crippen LogP contribution in [0.25, 0.3) is 0 Å². The van der Waals surface area contributed by atoms with E-state index in [9.17, 15) is 29.0 Å². The Morgan fingerprint density at radius 3 is 1.64 bits per heavy atom. The van der Waals surface area contributed by atoms with Gasteiger partial charge in [0.05, 0.1) is 86.6 Å². The SMILES string of the molecule is O=C(OCC1CCCCC1)C1CCC(COO)C(CONC2CCC(OC3CCC(OS(=O)C4CCC(OC5CCC(NC(=O)C6CC(COOCC7CCCCC7)CCC6C(=O)O)CC5)CC4)CC3)CC2)C1. The summed E-state index contributed by atoms with van der Waals surface area (Å²) in [6.07, 6.45) is 31.0. The van der Waals surface area contributed by atoms with Gasteiger partial charge in [0.25, 0.3) is 0 Å². The van der Waals surface area contributed by atoms with Gasteiger partial charge in [-0.1, -0.05) is 38.5 Å². The van der Waals surface area contributed by atoms with Crippen LogP contribution in [0.3, 0.4) is 0 Å².